The molecular formula is C15H13BrN2O3. The summed E-state index contributed by atoms with van der Waals surface area (Å²) >= 11 is 3.38. The van der Waals surface area contributed by atoms with Crippen molar-refractivity contribution in [3.63, 3.8) is 0 Å². The van der Waals surface area contributed by atoms with Crippen molar-refractivity contribution in [3.05, 3.63) is 67.7 Å². The SMILES string of the molecule is Cc1ccc(NC(=O)c2cc([N+](=O)[O-])ccc2C)c(Br)c1. The molecule has 2 aromatic carbocycles. The summed E-state index contributed by atoms with van der Waals surface area (Å²) < 4.78 is 0.763. The molecule has 0 saturated carbocycles. The molecule has 0 bridgehead atoms. The van der Waals surface area contributed by atoms with E-state index in [1.54, 1.807) is 19.1 Å². The number of anilines is 1. The Balaban J connectivity index is 2.32. The molecule has 6 heteroatoms. The summed E-state index contributed by atoms with van der Waals surface area (Å²) in [6, 6.07) is 9.78. The van der Waals surface area contributed by atoms with E-state index in [1.165, 1.54) is 12.1 Å². The number of hydrogen-bond acceptors (Lipinski definition) is 3. The van der Waals surface area contributed by atoms with Crippen molar-refractivity contribution in [2.75, 3.05) is 5.32 Å². The van der Waals surface area contributed by atoms with Gasteiger partial charge in [0.1, 0.15) is 0 Å². The number of halogens is 1. The van der Waals surface area contributed by atoms with Gasteiger partial charge in [0.25, 0.3) is 11.6 Å². The summed E-state index contributed by atoms with van der Waals surface area (Å²) in [7, 11) is 0. The second kappa shape index (κ2) is 6.05. The summed E-state index contributed by atoms with van der Waals surface area (Å²) in [6.07, 6.45) is 0. The van der Waals surface area contributed by atoms with Gasteiger partial charge in [-0.2, -0.15) is 0 Å². The molecule has 0 spiro atoms. The van der Waals surface area contributed by atoms with E-state index in [4.69, 9.17) is 0 Å². The first kappa shape index (κ1) is 15.2. The molecule has 2 rings (SSSR count). The number of aryl methyl sites for hydroxylation is 2. The maximum atomic E-state index is 12.3. The molecular weight excluding hydrogens is 336 g/mol. The van der Waals surface area contributed by atoms with Gasteiger partial charge in [0.05, 0.1) is 10.6 Å². The van der Waals surface area contributed by atoms with Gasteiger partial charge in [-0.15, -0.1) is 0 Å². The van der Waals surface area contributed by atoms with E-state index in [2.05, 4.69) is 21.2 Å². The Hall–Kier alpha value is -2.21. The van der Waals surface area contributed by atoms with Crippen molar-refractivity contribution >= 4 is 33.2 Å². The number of nitrogens with one attached hydrogen (secondary N) is 1. The van der Waals surface area contributed by atoms with E-state index in [9.17, 15) is 14.9 Å². The Morgan fingerprint density at radius 1 is 1.19 bits per heavy atom. The quantitative estimate of drug-likeness (QED) is 0.666. The number of nitro groups is 1. The number of rotatable bonds is 3. The summed E-state index contributed by atoms with van der Waals surface area (Å²) in [5, 5.41) is 13.6. The monoisotopic (exact) mass is 348 g/mol. The minimum absolute atomic E-state index is 0.103. The lowest BCUT2D eigenvalue weighted by atomic mass is 10.1. The van der Waals surface area contributed by atoms with Crippen LogP contribution in [0, 0.1) is 24.0 Å². The molecule has 0 heterocycles. The first-order valence-electron chi connectivity index (χ1n) is 6.21. The Bertz CT molecular complexity index is 729. The van der Waals surface area contributed by atoms with Gasteiger partial charge in [0, 0.05) is 22.2 Å². The fraction of sp³-hybridized carbons (Fsp3) is 0.133. The van der Waals surface area contributed by atoms with Crippen LogP contribution in [-0.4, -0.2) is 10.8 Å². The Labute approximate surface area is 130 Å². The standard InChI is InChI=1S/C15H13BrN2O3/c1-9-3-6-14(13(16)7-9)17-15(19)12-8-11(18(20)21)5-4-10(12)2/h3-8H,1-2H3,(H,17,19). The van der Waals surface area contributed by atoms with Gasteiger partial charge in [-0.25, -0.2) is 0 Å². The molecule has 1 amide bonds. The molecule has 0 aliphatic carbocycles. The summed E-state index contributed by atoms with van der Waals surface area (Å²) in [5.41, 5.74) is 2.55. The normalized spacial score (nSPS) is 10.2. The number of carbonyl (C=O) groups is 1. The van der Waals surface area contributed by atoms with Crippen LogP contribution in [0.5, 0.6) is 0 Å². The van der Waals surface area contributed by atoms with Crippen LogP contribution in [0.2, 0.25) is 0 Å². The first-order valence-corrected chi connectivity index (χ1v) is 7.00. The molecule has 0 atom stereocenters. The number of non-ortho nitro benzene ring substituents is 1. The second-order valence-corrected chi connectivity index (χ2v) is 5.55. The predicted molar refractivity (Wildman–Crippen MR) is 84.7 cm³/mol. The van der Waals surface area contributed by atoms with Gasteiger partial charge in [-0.1, -0.05) is 12.1 Å². The summed E-state index contributed by atoms with van der Waals surface area (Å²) in [6.45, 7) is 3.68. The molecule has 2 aromatic rings. The van der Waals surface area contributed by atoms with Crippen molar-refractivity contribution in [1.82, 2.24) is 0 Å². The van der Waals surface area contributed by atoms with E-state index in [0.29, 0.717) is 11.3 Å². The average Bonchev–Trinajstić information content (AvgIpc) is 2.42. The zero-order valence-electron chi connectivity index (χ0n) is 11.5. The van der Waals surface area contributed by atoms with Gasteiger partial charge in [0.2, 0.25) is 0 Å². The van der Waals surface area contributed by atoms with Gasteiger partial charge in [0.15, 0.2) is 0 Å². The zero-order valence-corrected chi connectivity index (χ0v) is 13.1. The van der Waals surface area contributed by atoms with Crippen LogP contribution in [0.1, 0.15) is 21.5 Å². The van der Waals surface area contributed by atoms with Crippen molar-refractivity contribution in [1.29, 1.82) is 0 Å². The van der Waals surface area contributed by atoms with Crippen molar-refractivity contribution in [3.8, 4) is 0 Å². The molecule has 5 nitrogen and oxygen atoms in total. The Kier molecular flexibility index (Phi) is 4.37. The molecule has 108 valence electrons. The minimum Gasteiger partial charge on any atom is -0.321 e. The van der Waals surface area contributed by atoms with Crippen molar-refractivity contribution in [2.24, 2.45) is 0 Å². The number of amides is 1. The zero-order chi connectivity index (χ0) is 15.6. The van der Waals surface area contributed by atoms with Crippen LogP contribution in [-0.2, 0) is 0 Å². The lowest BCUT2D eigenvalue weighted by Crippen LogP contribution is -2.14. The van der Waals surface area contributed by atoms with Crippen molar-refractivity contribution in [2.45, 2.75) is 13.8 Å². The number of hydrogen-bond donors (Lipinski definition) is 1. The van der Waals surface area contributed by atoms with Gasteiger partial charge < -0.3 is 5.32 Å². The first-order chi connectivity index (χ1) is 9.88. The minimum atomic E-state index is -0.516. The van der Waals surface area contributed by atoms with E-state index in [1.807, 2.05) is 19.1 Å². The fourth-order valence-corrected chi connectivity index (χ4v) is 2.47. The third-order valence-electron chi connectivity index (χ3n) is 3.05. The third kappa shape index (κ3) is 3.46. The van der Waals surface area contributed by atoms with Gasteiger partial charge in [-0.05, 0) is 53.0 Å². The predicted octanol–water partition coefficient (Wildman–Crippen LogP) is 4.23. The number of carbonyl (C=O) groups excluding carboxylic acids is 1. The molecule has 21 heavy (non-hydrogen) atoms. The van der Waals surface area contributed by atoms with Gasteiger partial charge >= 0.3 is 0 Å². The smallest absolute Gasteiger partial charge is 0.270 e. The summed E-state index contributed by atoms with van der Waals surface area (Å²) in [4.78, 5) is 22.6. The van der Waals surface area contributed by atoms with Crippen LogP contribution >= 0.6 is 15.9 Å². The summed E-state index contributed by atoms with van der Waals surface area (Å²) in [5.74, 6) is -0.374. The molecule has 0 unspecified atom stereocenters. The Morgan fingerprint density at radius 2 is 1.90 bits per heavy atom. The highest BCUT2D eigenvalue weighted by molar-refractivity contribution is 9.10. The molecule has 0 radical (unpaired) electrons. The lowest BCUT2D eigenvalue weighted by Gasteiger charge is -2.10. The van der Waals surface area contributed by atoms with Crippen LogP contribution < -0.4 is 5.32 Å². The average molecular weight is 349 g/mol. The molecule has 0 saturated heterocycles. The van der Waals surface area contributed by atoms with E-state index < -0.39 is 4.92 Å². The number of nitro benzene ring substituents is 1. The van der Waals surface area contributed by atoms with Crippen LogP contribution in [0.25, 0.3) is 0 Å². The second-order valence-electron chi connectivity index (χ2n) is 4.69. The Morgan fingerprint density at radius 3 is 2.52 bits per heavy atom. The molecule has 0 aliphatic rings. The van der Waals surface area contributed by atoms with Crippen molar-refractivity contribution < 1.29 is 9.72 Å². The maximum Gasteiger partial charge on any atom is 0.270 e. The molecule has 1 N–H and O–H groups in total. The van der Waals surface area contributed by atoms with Crippen LogP contribution in [0.15, 0.2) is 40.9 Å². The van der Waals surface area contributed by atoms with E-state index in [-0.39, 0.29) is 17.2 Å². The van der Waals surface area contributed by atoms with Crippen LogP contribution in [0.4, 0.5) is 11.4 Å². The maximum absolute atomic E-state index is 12.3. The highest BCUT2D eigenvalue weighted by Crippen LogP contribution is 2.25. The van der Waals surface area contributed by atoms with Crippen LogP contribution in [0.3, 0.4) is 0 Å². The molecule has 0 aliphatic heterocycles. The number of nitrogens with zero attached hydrogens (tertiary/aromatic N) is 1. The third-order valence-corrected chi connectivity index (χ3v) is 3.71. The number of benzene rings is 2. The van der Waals surface area contributed by atoms with Gasteiger partial charge in [-0.3, -0.25) is 14.9 Å². The molecule has 0 aromatic heterocycles. The highest BCUT2D eigenvalue weighted by Gasteiger charge is 2.15. The lowest BCUT2D eigenvalue weighted by molar-refractivity contribution is -0.384. The highest BCUT2D eigenvalue weighted by atomic mass is 79.9. The molecule has 0 fully saturated rings. The fourth-order valence-electron chi connectivity index (χ4n) is 1.88. The van der Waals surface area contributed by atoms with E-state index in [0.717, 1.165) is 10.0 Å². The van der Waals surface area contributed by atoms with E-state index >= 15 is 0 Å². The largest absolute Gasteiger partial charge is 0.321 e. The topological polar surface area (TPSA) is 72.2 Å².